The maximum absolute atomic E-state index is 7.08. The number of hydrogen-bond acceptors (Lipinski definition) is 3. The fourth-order valence-electron chi connectivity index (χ4n) is 9.58. The molecule has 0 atom stereocenters. The van der Waals surface area contributed by atoms with Gasteiger partial charge in [0, 0.05) is 44.1 Å². The van der Waals surface area contributed by atoms with E-state index in [-0.39, 0.29) is 5.41 Å². The Morgan fingerprint density at radius 1 is 0.411 bits per heavy atom. The van der Waals surface area contributed by atoms with Gasteiger partial charge >= 0.3 is 0 Å². The van der Waals surface area contributed by atoms with E-state index >= 15 is 0 Å². The van der Waals surface area contributed by atoms with Crippen LogP contribution in [0.3, 0.4) is 0 Å². The number of anilines is 3. The average molecular weight is 718 g/mol. The smallest absolute Gasteiger partial charge is 0.144 e. The van der Waals surface area contributed by atoms with Crippen molar-refractivity contribution in [3.05, 3.63) is 187 Å². The second kappa shape index (κ2) is 11.5. The van der Waals surface area contributed by atoms with Crippen LogP contribution in [0, 0.1) is 0 Å². The van der Waals surface area contributed by atoms with E-state index in [0.717, 1.165) is 82.8 Å². The Bertz CT molecular complexity index is 3420. The highest BCUT2D eigenvalue weighted by molar-refractivity contribution is 6.24. The van der Waals surface area contributed by atoms with Crippen molar-refractivity contribution < 1.29 is 8.83 Å². The third kappa shape index (κ3) is 4.34. The van der Waals surface area contributed by atoms with Gasteiger partial charge in [0.2, 0.25) is 0 Å². The number of para-hydroxylation sites is 2. The van der Waals surface area contributed by atoms with Crippen LogP contribution < -0.4 is 4.90 Å². The molecule has 0 radical (unpaired) electrons. The Morgan fingerprint density at radius 3 is 1.96 bits per heavy atom. The molecule has 1 aliphatic rings. The molecular formula is C53H35NO2. The molecule has 0 saturated carbocycles. The summed E-state index contributed by atoms with van der Waals surface area (Å²) >= 11 is 0. The van der Waals surface area contributed by atoms with Crippen molar-refractivity contribution in [2.75, 3.05) is 4.90 Å². The zero-order valence-corrected chi connectivity index (χ0v) is 31.0. The highest BCUT2D eigenvalue weighted by Crippen LogP contribution is 2.52. The summed E-state index contributed by atoms with van der Waals surface area (Å²) in [5, 5.41) is 9.03. The Morgan fingerprint density at radius 2 is 1.05 bits per heavy atom. The van der Waals surface area contributed by atoms with Crippen molar-refractivity contribution >= 4 is 82.5 Å². The van der Waals surface area contributed by atoms with Crippen LogP contribution in [-0.2, 0) is 5.41 Å². The molecule has 9 aromatic carbocycles. The van der Waals surface area contributed by atoms with Crippen LogP contribution in [0.1, 0.15) is 25.0 Å². The molecule has 0 fully saturated rings. The molecule has 0 amide bonds. The number of hydrogen-bond donors (Lipinski definition) is 0. The summed E-state index contributed by atoms with van der Waals surface area (Å²) in [6.07, 6.45) is 0. The van der Waals surface area contributed by atoms with E-state index in [1.807, 2.05) is 12.1 Å². The average Bonchev–Trinajstić information content (AvgIpc) is 3.88. The number of fused-ring (bicyclic) bond motifs is 11. The molecule has 56 heavy (non-hydrogen) atoms. The lowest BCUT2D eigenvalue weighted by molar-refractivity contribution is 0.660. The number of furan rings is 2. The maximum atomic E-state index is 7.08. The van der Waals surface area contributed by atoms with E-state index in [4.69, 9.17) is 8.83 Å². The van der Waals surface area contributed by atoms with Gasteiger partial charge in [-0.1, -0.05) is 141 Å². The lowest BCUT2D eigenvalue weighted by Crippen LogP contribution is -2.16. The van der Waals surface area contributed by atoms with Gasteiger partial charge in [0.15, 0.2) is 0 Å². The van der Waals surface area contributed by atoms with E-state index in [9.17, 15) is 0 Å². The highest BCUT2D eigenvalue weighted by atomic mass is 16.3. The van der Waals surface area contributed by atoms with Crippen molar-refractivity contribution in [3.63, 3.8) is 0 Å². The summed E-state index contributed by atoms with van der Waals surface area (Å²) in [5.74, 6) is 0. The fraction of sp³-hybridized carbons (Fsp3) is 0.0566. The van der Waals surface area contributed by atoms with Crippen molar-refractivity contribution in [1.29, 1.82) is 0 Å². The third-order valence-electron chi connectivity index (χ3n) is 12.2. The van der Waals surface area contributed by atoms with Gasteiger partial charge in [0.25, 0.3) is 0 Å². The highest BCUT2D eigenvalue weighted by Gasteiger charge is 2.36. The van der Waals surface area contributed by atoms with E-state index in [2.05, 4.69) is 183 Å². The van der Waals surface area contributed by atoms with Gasteiger partial charge in [-0.05, 0) is 92.3 Å². The van der Waals surface area contributed by atoms with Crippen LogP contribution in [0.5, 0.6) is 0 Å². The monoisotopic (exact) mass is 717 g/mol. The van der Waals surface area contributed by atoms with E-state index in [1.54, 1.807) is 0 Å². The first-order chi connectivity index (χ1) is 27.5. The second-order valence-electron chi connectivity index (χ2n) is 15.6. The predicted molar refractivity (Wildman–Crippen MR) is 234 cm³/mol. The third-order valence-corrected chi connectivity index (χ3v) is 12.2. The minimum absolute atomic E-state index is 0.142. The topological polar surface area (TPSA) is 29.5 Å². The van der Waals surface area contributed by atoms with Crippen molar-refractivity contribution in [2.24, 2.45) is 0 Å². The maximum Gasteiger partial charge on any atom is 0.144 e. The minimum Gasteiger partial charge on any atom is -0.455 e. The summed E-state index contributed by atoms with van der Waals surface area (Å²) in [4.78, 5) is 2.43. The number of rotatable bonds is 4. The van der Waals surface area contributed by atoms with Gasteiger partial charge < -0.3 is 13.7 Å². The molecule has 3 nitrogen and oxygen atoms in total. The van der Waals surface area contributed by atoms with Gasteiger partial charge in [0.05, 0.1) is 11.1 Å². The molecule has 0 unspecified atom stereocenters. The lowest BCUT2D eigenvalue weighted by atomic mass is 9.82. The van der Waals surface area contributed by atoms with Crippen LogP contribution in [0.15, 0.2) is 185 Å². The normalized spacial score (nSPS) is 13.3. The molecule has 12 rings (SSSR count). The fourth-order valence-corrected chi connectivity index (χ4v) is 9.58. The summed E-state index contributed by atoms with van der Waals surface area (Å²) < 4.78 is 13.7. The molecule has 0 spiro atoms. The molecular weight excluding hydrogens is 683 g/mol. The van der Waals surface area contributed by atoms with Gasteiger partial charge in [-0.25, -0.2) is 0 Å². The van der Waals surface area contributed by atoms with Crippen LogP contribution in [-0.4, -0.2) is 0 Å². The van der Waals surface area contributed by atoms with Crippen LogP contribution in [0.4, 0.5) is 17.1 Å². The number of benzene rings is 9. The summed E-state index contributed by atoms with van der Waals surface area (Å²) in [6, 6.07) is 63.4. The minimum atomic E-state index is -0.142. The van der Waals surface area contributed by atoms with Gasteiger partial charge in [-0.2, -0.15) is 0 Å². The molecule has 264 valence electrons. The largest absolute Gasteiger partial charge is 0.455 e. The van der Waals surface area contributed by atoms with Gasteiger partial charge in [0.1, 0.15) is 22.3 Å². The quantitative estimate of drug-likeness (QED) is 0.182. The first-order valence-corrected chi connectivity index (χ1v) is 19.3. The molecule has 2 heterocycles. The molecule has 0 saturated heterocycles. The SMILES string of the molecule is CC1(C)c2ccccc2-c2ccc(N(c3ccc4ccccc4c3)c3cccc4oc5c(-c6cccc7c6oc6ccccc67)c6ccccc6cc5c34)cc21. The van der Waals surface area contributed by atoms with Crippen molar-refractivity contribution in [2.45, 2.75) is 19.3 Å². The van der Waals surface area contributed by atoms with E-state index in [0.29, 0.717) is 0 Å². The van der Waals surface area contributed by atoms with Gasteiger partial charge in [-0.15, -0.1) is 0 Å². The van der Waals surface area contributed by atoms with Crippen LogP contribution in [0.2, 0.25) is 0 Å². The predicted octanol–water partition coefficient (Wildman–Crippen LogP) is 15.2. The standard InChI is InChI=1S/C53H35NO2/c1-53(2)44-21-9-7-17-38(44)39-28-27-36(31-45(39)53)54(35-26-25-32-13-3-4-14-33(32)29-35)46-22-12-24-48-50(46)43-30-34-15-5-6-16-37(34)49(52(43)56-48)42-20-11-19-41-40-18-8-10-23-47(40)55-51(41)42/h3-31H,1-2H3. The number of nitrogens with zero attached hydrogens (tertiary/aromatic N) is 1. The van der Waals surface area contributed by atoms with Crippen LogP contribution in [0.25, 0.3) is 87.7 Å². The van der Waals surface area contributed by atoms with Crippen molar-refractivity contribution in [1.82, 2.24) is 0 Å². The molecule has 3 heteroatoms. The van der Waals surface area contributed by atoms with E-state index < -0.39 is 0 Å². The zero-order chi connectivity index (χ0) is 37.1. The summed E-state index contributed by atoms with van der Waals surface area (Å²) in [5.41, 5.74) is 13.9. The summed E-state index contributed by atoms with van der Waals surface area (Å²) in [6.45, 7) is 4.70. The zero-order valence-electron chi connectivity index (χ0n) is 31.0. The molecule has 0 aliphatic heterocycles. The molecule has 1 aliphatic carbocycles. The Balaban J connectivity index is 1.16. The second-order valence-corrected chi connectivity index (χ2v) is 15.6. The molecule has 0 bridgehead atoms. The molecule has 2 aromatic heterocycles. The Labute approximate surface area is 323 Å². The Hall–Kier alpha value is -7.10. The van der Waals surface area contributed by atoms with Crippen molar-refractivity contribution in [3.8, 4) is 22.3 Å². The van der Waals surface area contributed by atoms with Gasteiger partial charge in [-0.3, -0.25) is 0 Å². The van der Waals surface area contributed by atoms with Crippen LogP contribution >= 0.6 is 0 Å². The molecule has 0 N–H and O–H groups in total. The molecule has 11 aromatic rings. The Kier molecular flexibility index (Phi) is 6.40. The first-order valence-electron chi connectivity index (χ1n) is 19.3. The lowest BCUT2D eigenvalue weighted by Gasteiger charge is -2.29. The summed E-state index contributed by atoms with van der Waals surface area (Å²) in [7, 11) is 0. The first kappa shape index (κ1) is 31.3. The van der Waals surface area contributed by atoms with E-state index in [1.165, 1.54) is 33.0 Å².